The maximum atomic E-state index is 4.22. The highest BCUT2D eigenvalue weighted by Crippen LogP contribution is 2.18. The smallest absolute Gasteiger partial charge is 0.0410 e. The van der Waals surface area contributed by atoms with Crippen molar-refractivity contribution in [2.24, 2.45) is 17.8 Å². The molecule has 0 spiro atoms. The van der Waals surface area contributed by atoms with Crippen LogP contribution in [0.3, 0.4) is 0 Å². The van der Waals surface area contributed by atoms with E-state index in [1.165, 1.54) is 5.56 Å². The maximum absolute atomic E-state index is 4.22. The van der Waals surface area contributed by atoms with E-state index >= 15 is 0 Å². The van der Waals surface area contributed by atoms with E-state index in [0.717, 1.165) is 29.9 Å². The number of hydrogen-bond acceptors (Lipinski definition) is 2. The Morgan fingerprint density at radius 1 is 1.11 bits per heavy atom. The average Bonchev–Trinajstić information content (AvgIpc) is 2.28. The van der Waals surface area contributed by atoms with Crippen LogP contribution in [-0.4, -0.2) is 18.1 Å². The lowest BCUT2D eigenvalue weighted by Crippen LogP contribution is -2.28. The number of nitrogens with zero attached hydrogens (tertiary/aromatic N) is 1. The van der Waals surface area contributed by atoms with Crippen molar-refractivity contribution >= 4 is 15.9 Å². The standard InChI is InChI=1S/C15H25BrN2/c1-11(2)7-17-8-13(4)12(3)5-14-6-15(16)10-18-9-14/h6,9-13,17H,5,7-8H2,1-4H3. The Kier molecular flexibility index (Phi) is 6.87. The molecule has 1 aromatic heterocycles. The highest BCUT2D eigenvalue weighted by atomic mass is 79.9. The van der Waals surface area contributed by atoms with Crippen LogP contribution < -0.4 is 5.32 Å². The van der Waals surface area contributed by atoms with Crippen LogP contribution in [0.2, 0.25) is 0 Å². The Morgan fingerprint density at radius 2 is 1.83 bits per heavy atom. The molecule has 0 aromatic carbocycles. The average molecular weight is 313 g/mol. The monoisotopic (exact) mass is 312 g/mol. The van der Waals surface area contributed by atoms with Gasteiger partial charge < -0.3 is 5.32 Å². The van der Waals surface area contributed by atoms with E-state index in [0.29, 0.717) is 11.8 Å². The fourth-order valence-electron chi connectivity index (χ4n) is 1.94. The first-order chi connectivity index (χ1) is 8.49. The molecule has 0 amide bonds. The van der Waals surface area contributed by atoms with Crippen LogP contribution in [0.15, 0.2) is 22.9 Å². The molecule has 3 heteroatoms. The molecule has 0 radical (unpaired) electrons. The van der Waals surface area contributed by atoms with Crippen LogP contribution in [-0.2, 0) is 6.42 Å². The molecule has 18 heavy (non-hydrogen) atoms. The first-order valence-corrected chi connectivity index (χ1v) is 7.58. The fraction of sp³-hybridized carbons (Fsp3) is 0.667. The van der Waals surface area contributed by atoms with Crippen LogP contribution in [0.4, 0.5) is 0 Å². The van der Waals surface area contributed by atoms with Gasteiger partial charge in [0.2, 0.25) is 0 Å². The van der Waals surface area contributed by atoms with Crippen LogP contribution >= 0.6 is 15.9 Å². The molecular weight excluding hydrogens is 288 g/mol. The lowest BCUT2D eigenvalue weighted by Gasteiger charge is -2.21. The number of rotatable bonds is 7. The molecule has 0 saturated heterocycles. The largest absolute Gasteiger partial charge is 0.316 e. The lowest BCUT2D eigenvalue weighted by molar-refractivity contribution is 0.357. The predicted octanol–water partition coefficient (Wildman–Crippen LogP) is 3.90. The maximum Gasteiger partial charge on any atom is 0.0410 e. The summed E-state index contributed by atoms with van der Waals surface area (Å²) in [5.41, 5.74) is 1.31. The first-order valence-electron chi connectivity index (χ1n) is 6.79. The second-order valence-corrected chi connectivity index (χ2v) is 6.64. The lowest BCUT2D eigenvalue weighted by atomic mass is 9.90. The minimum absolute atomic E-state index is 0.667. The molecule has 2 nitrogen and oxygen atoms in total. The van der Waals surface area contributed by atoms with Gasteiger partial charge in [0.1, 0.15) is 0 Å². The van der Waals surface area contributed by atoms with Crippen molar-refractivity contribution in [3.8, 4) is 0 Å². The van der Waals surface area contributed by atoms with Crippen LogP contribution in [0, 0.1) is 17.8 Å². The molecule has 0 saturated carbocycles. The van der Waals surface area contributed by atoms with E-state index in [2.05, 4.69) is 60.0 Å². The van der Waals surface area contributed by atoms with Gasteiger partial charge in [0, 0.05) is 16.9 Å². The van der Waals surface area contributed by atoms with Crippen molar-refractivity contribution in [2.45, 2.75) is 34.1 Å². The highest BCUT2D eigenvalue weighted by Gasteiger charge is 2.13. The summed E-state index contributed by atoms with van der Waals surface area (Å²) in [5, 5.41) is 3.54. The summed E-state index contributed by atoms with van der Waals surface area (Å²) in [5.74, 6) is 2.07. The molecule has 1 rings (SSSR count). The van der Waals surface area contributed by atoms with Gasteiger partial charge in [0.15, 0.2) is 0 Å². The highest BCUT2D eigenvalue weighted by molar-refractivity contribution is 9.10. The SMILES string of the molecule is CC(C)CNCC(C)C(C)Cc1cncc(Br)c1. The zero-order valence-corrected chi connectivity index (χ0v) is 13.5. The molecule has 1 N–H and O–H groups in total. The Bertz CT molecular complexity index is 352. The summed E-state index contributed by atoms with van der Waals surface area (Å²) in [4.78, 5) is 4.22. The van der Waals surface area contributed by atoms with Gasteiger partial charge in [-0.15, -0.1) is 0 Å². The zero-order chi connectivity index (χ0) is 13.5. The molecule has 2 atom stereocenters. The van der Waals surface area contributed by atoms with Crippen molar-refractivity contribution < 1.29 is 0 Å². The van der Waals surface area contributed by atoms with Gasteiger partial charge in [0.25, 0.3) is 0 Å². The normalized spacial score (nSPS) is 14.8. The number of halogens is 1. The van der Waals surface area contributed by atoms with E-state index in [-0.39, 0.29) is 0 Å². The molecule has 1 heterocycles. The van der Waals surface area contributed by atoms with Crippen molar-refractivity contribution in [3.05, 3.63) is 28.5 Å². The summed E-state index contributed by atoms with van der Waals surface area (Å²) in [6.45, 7) is 11.3. The van der Waals surface area contributed by atoms with E-state index < -0.39 is 0 Å². The third-order valence-electron chi connectivity index (χ3n) is 3.31. The van der Waals surface area contributed by atoms with Gasteiger partial charge in [-0.3, -0.25) is 4.98 Å². The predicted molar refractivity (Wildman–Crippen MR) is 81.7 cm³/mol. The zero-order valence-electron chi connectivity index (χ0n) is 11.9. The fourth-order valence-corrected chi connectivity index (χ4v) is 2.35. The number of aromatic nitrogens is 1. The molecule has 102 valence electrons. The first kappa shape index (κ1) is 15.6. The van der Waals surface area contributed by atoms with Crippen molar-refractivity contribution in [3.63, 3.8) is 0 Å². The molecule has 0 aliphatic carbocycles. The van der Waals surface area contributed by atoms with Gasteiger partial charge in [-0.2, -0.15) is 0 Å². The Morgan fingerprint density at radius 3 is 2.44 bits per heavy atom. The number of pyridine rings is 1. The Balaban J connectivity index is 2.37. The number of nitrogens with one attached hydrogen (secondary N) is 1. The summed E-state index contributed by atoms with van der Waals surface area (Å²) in [6.07, 6.45) is 4.90. The van der Waals surface area contributed by atoms with E-state index in [9.17, 15) is 0 Å². The molecule has 0 aliphatic rings. The van der Waals surface area contributed by atoms with Crippen molar-refractivity contribution in [1.82, 2.24) is 10.3 Å². The quantitative estimate of drug-likeness (QED) is 0.826. The topological polar surface area (TPSA) is 24.9 Å². The molecule has 2 unspecified atom stereocenters. The van der Waals surface area contributed by atoms with Crippen LogP contribution in [0.5, 0.6) is 0 Å². The molecule has 0 fully saturated rings. The molecule has 0 bridgehead atoms. The van der Waals surface area contributed by atoms with Crippen LogP contribution in [0.1, 0.15) is 33.3 Å². The van der Waals surface area contributed by atoms with E-state index in [1.807, 2.05) is 12.4 Å². The second kappa shape index (κ2) is 7.90. The molecular formula is C15H25BrN2. The molecule has 1 aromatic rings. The summed E-state index contributed by atoms with van der Waals surface area (Å²) >= 11 is 3.47. The minimum Gasteiger partial charge on any atom is -0.316 e. The third-order valence-corrected chi connectivity index (χ3v) is 3.74. The minimum atomic E-state index is 0.667. The second-order valence-electron chi connectivity index (χ2n) is 5.72. The van der Waals surface area contributed by atoms with E-state index in [4.69, 9.17) is 0 Å². The van der Waals surface area contributed by atoms with Gasteiger partial charge in [-0.05, 0) is 64.8 Å². The third kappa shape index (κ3) is 5.96. The Labute approximate surface area is 120 Å². The number of hydrogen-bond donors (Lipinski definition) is 1. The van der Waals surface area contributed by atoms with Crippen LogP contribution in [0.25, 0.3) is 0 Å². The van der Waals surface area contributed by atoms with Gasteiger partial charge in [0.05, 0.1) is 0 Å². The van der Waals surface area contributed by atoms with E-state index in [1.54, 1.807) is 0 Å². The molecule has 0 aliphatic heterocycles. The summed E-state index contributed by atoms with van der Waals surface area (Å²) in [6, 6.07) is 2.16. The van der Waals surface area contributed by atoms with Gasteiger partial charge in [-0.1, -0.05) is 27.7 Å². The van der Waals surface area contributed by atoms with Gasteiger partial charge in [-0.25, -0.2) is 0 Å². The van der Waals surface area contributed by atoms with Crippen molar-refractivity contribution in [2.75, 3.05) is 13.1 Å². The summed E-state index contributed by atoms with van der Waals surface area (Å²) in [7, 11) is 0. The Hall–Kier alpha value is -0.410. The summed E-state index contributed by atoms with van der Waals surface area (Å²) < 4.78 is 1.07. The van der Waals surface area contributed by atoms with Crippen molar-refractivity contribution in [1.29, 1.82) is 0 Å². The van der Waals surface area contributed by atoms with Gasteiger partial charge >= 0.3 is 0 Å².